The Morgan fingerprint density at radius 2 is 2.00 bits per heavy atom. The maximum absolute atomic E-state index is 12.1. The molecule has 20 heavy (non-hydrogen) atoms. The topological polar surface area (TPSA) is 92.8 Å². The van der Waals surface area contributed by atoms with Crippen LogP contribution in [0.5, 0.6) is 17.2 Å². The molecule has 0 radical (unpaired) electrons. The maximum Gasteiger partial charge on any atom is 0.174 e. The van der Waals surface area contributed by atoms with Gasteiger partial charge in [0, 0.05) is 17.8 Å². The molecule has 0 fully saturated rings. The second-order valence-corrected chi connectivity index (χ2v) is 4.74. The van der Waals surface area contributed by atoms with Crippen LogP contribution < -0.4 is 10.5 Å². The highest BCUT2D eigenvalue weighted by molar-refractivity contribution is 6.02. The lowest BCUT2D eigenvalue weighted by Crippen LogP contribution is -2.20. The minimum Gasteiger partial charge on any atom is -0.508 e. The highest BCUT2D eigenvalue weighted by Crippen LogP contribution is 2.41. The van der Waals surface area contributed by atoms with E-state index in [-0.39, 0.29) is 35.0 Å². The van der Waals surface area contributed by atoms with Gasteiger partial charge in [-0.25, -0.2) is 0 Å². The lowest BCUT2D eigenvalue weighted by atomic mass is 9.95. The van der Waals surface area contributed by atoms with Crippen molar-refractivity contribution in [1.82, 2.24) is 0 Å². The van der Waals surface area contributed by atoms with Crippen LogP contribution in [0.25, 0.3) is 0 Å². The van der Waals surface area contributed by atoms with Gasteiger partial charge in [0.05, 0.1) is 6.42 Å². The molecule has 4 N–H and O–H groups in total. The Hall–Kier alpha value is -2.69. The molecule has 1 heterocycles. The van der Waals surface area contributed by atoms with E-state index >= 15 is 0 Å². The van der Waals surface area contributed by atoms with Crippen LogP contribution in [-0.2, 0) is 0 Å². The number of nitrogen functional groups attached to an aromatic ring is 1. The van der Waals surface area contributed by atoms with Crippen LogP contribution in [0.2, 0.25) is 0 Å². The standard InChI is InChI=1S/C15H13NO4/c16-9-3-1-2-8(4-9)13-7-12(19)15-11(18)5-10(17)6-14(15)20-13/h1-6,13,17-18H,7,16H2. The first-order valence-corrected chi connectivity index (χ1v) is 6.16. The third-order valence-corrected chi connectivity index (χ3v) is 3.27. The summed E-state index contributed by atoms with van der Waals surface area (Å²) >= 11 is 0. The van der Waals surface area contributed by atoms with E-state index in [1.165, 1.54) is 6.07 Å². The van der Waals surface area contributed by atoms with Crippen molar-refractivity contribution in [2.45, 2.75) is 12.5 Å². The Morgan fingerprint density at radius 1 is 1.20 bits per heavy atom. The van der Waals surface area contributed by atoms with E-state index < -0.39 is 6.10 Å². The molecule has 0 aromatic heterocycles. The van der Waals surface area contributed by atoms with Gasteiger partial charge in [-0.05, 0) is 17.7 Å². The molecule has 102 valence electrons. The van der Waals surface area contributed by atoms with Crippen molar-refractivity contribution in [1.29, 1.82) is 0 Å². The van der Waals surface area contributed by atoms with Crippen molar-refractivity contribution in [3.05, 3.63) is 47.5 Å². The number of Topliss-reactive ketones (excluding diaryl/α,β-unsaturated/α-hetero) is 1. The first-order valence-electron chi connectivity index (χ1n) is 6.16. The van der Waals surface area contributed by atoms with Crippen molar-refractivity contribution in [3.63, 3.8) is 0 Å². The fourth-order valence-corrected chi connectivity index (χ4v) is 2.37. The Morgan fingerprint density at radius 3 is 2.75 bits per heavy atom. The molecule has 1 aliphatic heterocycles. The molecule has 0 amide bonds. The number of nitrogens with two attached hydrogens (primary N) is 1. The Labute approximate surface area is 115 Å². The van der Waals surface area contributed by atoms with Crippen molar-refractivity contribution < 1.29 is 19.7 Å². The van der Waals surface area contributed by atoms with Crippen molar-refractivity contribution in [2.75, 3.05) is 5.73 Å². The zero-order valence-corrected chi connectivity index (χ0v) is 10.5. The summed E-state index contributed by atoms with van der Waals surface area (Å²) in [6.45, 7) is 0. The number of phenols is 2. The van der Waals surface area contributed by atoms with Gasteiger partial charge in [-0.2, -0.15) is 0 Å². The van der Waals surface area contributed by atoms with E-state index in [4.69, 9.17) is 10.5 Å². The van der Waals surface area contributed by atoms with E-state index in [0.29, 0.717) is 5.69 Å². The number of ether oxygens (including phenoxy) is 1. The first kappa shape index (κ1) is 12.3. The molecule has 2 aromatic carbocycles. The summed E-state index contributed by atoms with van der Waals surface area (Å²) in [5, 5.41) is 19.2. The van der Waals surface area contributed by atoms with E-state index in [0.717, 1.165) is 11.6 Å². The second-order valence-electron chi connectivity index (χ2n) is 4.74. The monoisotopic (exact) mass is 271 g/mol. The van der Waals surface area contributed by atoms with Crippen LogP contribution in [-0.4, -0.2) is 16.0 Å². The summed E-state index contributed by atoms with van der Waals surface area (Å²) in [6.07, 6.45) is -0.353. The molecule has 0 saturated carbocycles. The second kappa shape index (κ2) is 4.45. The average molecular weight is 271 g/mol. The highest BCUT2D eigenvalue weighted by atomic mass is 16.5. The number of hydrogen-bond acceptors (Lipinski definition) is 5. The number of benzene rings is 2. The third kappa shape index (κ3) is 2.03. The summed E-state index contributed by atoms with van der Waals surface area (Å²) in [5.74, 6) is -0.458. The zero-order chi connectivity index (χ0) is 14.3. The van der Waals surface area contributed by atoms with Gasteiger partial charge in [0.15, 0.2) is 5.78 Å². The molecule has 0 bridgehead atoms. The zero-order valence-electron chi connectivity index (χ0n) is 10.5. The minimum atomic E-state index is -0.473. The van der Waals surface area contributed by atoms with E-state index in [2.05, 4.69) is 0 Å². The summed E-state index contributed by atoms with van der Waals surface area (Å²) < 4.78 is 5.71. The molecule has 1 aliphatic rings. The van der Waals surface area contributed by atoms with Crippen LogP contribution in [0.15, 0.2) is 36.4 Å². The number of carbonyl (C=O) groups is 1. The van der Waals surface area contributed by atoms with E-state index in [1.54, 1.807) is 18.2 Å². The van der Waals surface area contributed by atoms with E-state index in [9.17, 15) is 15.0 Å². The molecule has 3 rings (SSSR count). The average Bonchev–Trinajstić information content (AvgIpc) is 2.37. The van der Waals surface area contributed by atoms with Crippen LogP contribution in [0, 0.1) is 0 Å². The normalized spacial score (nSPS) is 17.4. The van der Waals surface area contributed by atoms with Crippen molar-refractivity contribution in [2.24, 2.45) is 0 Å². The molecular weight excluding hydrogens is 258 g/mol. The van der Waals surface area contributed by atoms with Crippen LogP contribution in [0.4, 0.5) is 5.69 Å². The van der Waals surface area contributed by atoms with Crippen LogP contribution in [0.1, 0.15) is 28.4 Å². The molecule has 1 unspecified atom stereocenters. The summed E-state index contributed by atoms with van der Waals surface area (Å²) in [5.41, 5.74) is 7.21. The Balaban J connectivity index is 2.02. The van der Waals surface area contributed by atoms with E-state index in [1.807, 2.05) is 6.07 Å². The minimum absolute atomic E-state index is 0.114. The van der Waals surface area contributed by atoms with Gasteiger partial charge in [0.25, 0.3) is 0 Å². The van der Waals surface area contributed by atoms with Crippen LogP contribution >= 0.6 is 0 Å². The Kier molecular flexibility index (Phi) is 2.75. The van der Waals surface area contributed by atoms with Gasteiger partial charge < -0.3 is 20.7 Å². The Bertz CT molecular complexity index is 696. The summed E-state index contributed by atoms with van der Waals surface area (Å²) in [6, 6.07) is 9.55. The largest absolute Gasteiger partial charge is 0.508 e. The number of rotatable bonds is 1. The maximum atomic E-state index is 12.1. The molecule has 5 heteroatoms. The molecule has 1 atom stereocenters. The fourth-order valence-electron chi connectivity index (χ4n) is 2.37. The third-order valence-electron chi connectivity index (χ3n) is 3.27. The number of ketones is 1. The smallest absolute Gasteiger partial charge is 0.174 e. The van der Waals surface area contributed by atoms with Gasteiger partial charge in [0.1, 0.15) is 28.9 Å². The fraction of sp³-hybridized carbons (Fsp3) is 0.133. The number of fused-ring (bicyclic) bond motifs is 1. The highest BCUT2D eigenvalue weighted by Gasteiger charge is 2.30. The predicted octanol–water partition coefficient (Wildman–Crippen LogP) is 2.39. The van der Waals surface area contributed by atoms with Crippen molar-refractivity contribution >= 4 is 11.5 Å². The van der Waals surface area contributed by atoms with Gasteiger partial charge in [-0.3, -0.25) is 4.79 Å². The van der Waals surface area contributed by atoms with Gasteiger partial charge in [0.2, 0.25) is 0 Å². The molecule has 2 aromatic rings. The number of phenolic OH excluding ortho intramolecular Hbond substituents is 2. The van der Waals surface area contributed by atoms with Crippen LogP contribution in [0.3, 0.4) is 0 Å². The summed E-state index contributed by atoms with van der Waals surface area (Å²) in [7, 11) is 0. The quantitative estimate of drug-likeness (QED) is 0.692. The summed E-state index contributed by atoms with van der Waals surface area (Å²) in [4.78, 5) is 12.1. The molecule has 5 nitrogen and oxygen atoms in total. The lowest BCUT2D eigenvalue weighted by molar-refractivity contribution is 0.0845. The molecule has 0 saturated heterocycles. The number of hydrogen-bond donors (Lipinski definition) is 3. The number of aromatic hydroxyl groups is 2. The lowest BCUT2D eigenvalue weighted by Gasteiger charge is -2.26. The number of anilines is 1. The number of carbonyl (C=O) groups excluding carboxylic acids is 1. The molecule has 0 aliphatic carbocycles. The molecular formula is C15H13NO4. The van der Waals surface area contributed by atoms with Gasteiger partial charge in [-0.15, -0.1) is 0 Å². The first-order chi connectivity index (χ1) is 9.54. The predicted molar refractivity (Wildman–Crippen MR) is 72.9 cm³/mol. The van der Waals surface area contributed by atoms with Gasteiger partial charge >= 0.3 is 0 Å². The van der Waals surface area contributed by atoms with Crippen molar-refractivity contribution in [3.8, 4) is 17.2 Å². The molecule has 0 spiro atoms. The van der Waals surface area contributed by atoms with Gasteiger partial charge in [-0.1, -0.05) is 12.1 Å². The SMILES string of the molecule is Nc1cccc(C2CC(=O)c3c(O)cc(O)cc3O2)c1.